The number of carboxylic acids is 1. The highest BCUT2D eigenvalue weighted by molar-refractivity contribution is 6.07. The summed E-state index contributed by atoms with van der Waals surface area (Å²) in [6, 6.07) is 21.4. The van der Waals surface area contributed by atoms with Crippen LogP contribution in [0.2, 0.25) is 0 Å². The number of carboxylic acid groups (broad SMARTS) is 1. The van der Waals surface area contributed by atoms with E-state index in [1.165, 1.54) is 33.0 Å². The molecule has 0 aliphatic carbocycles. The average molecular weight is 721 g/mol. The number of aromatic nitrogens is 1. The van der Waals surface area contributed by atoms with Gasteiger partial charge >= 0.3 is 18.1 Å². The van der Waals surface area contributed by atoms with Crippen molar-refractivity contribution < 1.29 is 33.8 Å². The molecule has 3 aromatic carbocycles. The molecule has 2 aliphatic heterocycles. The van der Waals surface area contributed by atoms with Crippen molar-refractivity contribution in [3.8, 4) is 5.75 Å². The molecule has 11 heteroatoms. The quantitative estimate of drug-likeness (QED) is 0.166. The van der Waals surface area contributed by atoms with Crippen LogP contribution >= 0.6 is 0 Å². The Kier molecular flexibility index (Phi) is 11.0. The summed E-state index contributed by atoms with van der Waals surface area (Å²) in [5, 5.41) is 12.7. The molecule has 3 heterocycles. The number of urea groups is 1. The molecule has 4 aromatic rings. The standard InChI is InChI=1S/C42H48N4O7/c1-6-10-29-11-7-15-34-32(29)13-8-14-33(34)30-12-9-22-44(26-30)40(50)46-37(39(48)49)35(38(46)47)23-28-20-21-43-36(24-28)45(41(51)53-42(2,3)4)25-27-16-18-31(52-5)19-17-27/h7-8,11,13-21,24,30,35,37H,6,9-10,12,22-23,25-26H2,1-5H3,(H,48,49)/t30?,35-,37+/m1/s1. The van der Waals surface area contributed by atoms with E-state index in [-0.39, 0.29) is 24.7 Å². The first-order valence-electron chi connectivity index (χ1n) is 18.3. The number of methoxy groups -OCH3 is 1. The molecule has 0 radical (unpaired) electrons. The number of carbonyl (C=O) groups excluding carboxylic acids is 3. The van der Waals surface area contributed by atoms with Crippen LogP contribution in [-0.2, 0) is 33.7 Å². The molecule has 53 heavy (non-hydrogen) atoms. The summed E-state index contributed by atoms with van der Waals surface area (Å²) in [5.74, 6) is -1.70. The van der Waals surface area contributed by atoms with Crippen LogP contribution in [0.25, 0.3) is 10.8 Å². The summed E-state index contributed by atoms with van der Waals surface area (Å²) in [6.45, 7) is 8.49. The Morgan fingerprint density at radius 2 is 1.72 bits per heavy atom. The zero-order chi connectivity index (χ0) is 37.9. The number of rotatable bonds is 10. The Bertz CT molecular complexity index is 1990. The number of hydrogen-bond donors (Lipinski definition) is 1. The zero-order valence-corrected chi connectivity index (χ0v) is 31.1. The molecule has 2 fully saturated rings. The van der Waals surface area contributed by atoms with E-state index in [1.807, 2.05) is 12.1 Å². The van der Waals surface area contributed by atoms with Gasteiger partial charge in [-0.05, 0) is 104 Å². The molecule has 4 amide bonds. The van der Waals surface area contributed by atoms with E-state index >= 15 is 0 Å². The largest absolute Gasteiger partial charge is 0.497 e. The molecule has 1 N–H and O–H groups in total. The summed E-state index contributed by atoms with van der Waals surface area (Å²) in [4.78, 5) is 62.0. The van der Waals surface area contributed by atoms with Gasteiger partial charge < -0.3 is 19.5 Å². The lowest BCUT2D eigenvalue weighted by Crippen LogP contribution is -2.69. The van der Waals surface area contributed by atoms with Crippen LogP contribution in [0, 0.1) is 5.92 Å². The topological polar surface area (TPSA) is 130 Å². The van der Waals surface area contributed by atoms with Crippen molar-refractivity contribution >= 4 is 40.6 Å². The van der Waals surface area contributed by atoms with E-state index in [0.29, 0.717) is 24.4 Å². The molecular weight excluding hydrogens is 672 g/mol. The van der Waals surface area contributed by atoms with Gasteiger partial charge in [-0.25, -0.2) is 24.3 Å². The highest BCUT2D eigenvalue weighted by Crippen LogP contribution is 2.37. The minimum atomic E-state index is -1.32. The molecular formula is C42H48N4O7. The summed E-state index contributed by atoms with van der Waals surface area (Å²) in [5.41, 5.74) is 3.11. The first-order chi connectivity index (χ1) is 25.4. The van der Waals surface area contributed by atoms with Crippen molar-refractivity contribution in [2.75, 3.05) is 25.1 Å². The lowest BCUT2D eigenvalue weighted by atomic mass is 9.82. The molecule has 11 nitrogen and oxygen atoms in total. The first-order valence-corrected chi connectivity index (χ1v) is 18.3. The number of fused-ring (bicyclic) bond motifs is 1. The second kappa shape index (κ2) is 15.7. The molecule has 2 saturated heterocycles. The first kappa shape index (κ1) is 37.3. The summed E-state index contributed by atoms with van der Waals surface area (Å²) >= 11 is 0. The number of ether oxygens (including phenoxy) is 2. The highest BCUT2D eigenvalue weighted by atomic mass is 16.6. The van der Waals surface area contributed by atoms with Gasteiger partial charge in [-0.1, -0.05) is 61.9 Å². The third kappa shape index (κ3) is 8.14. The molecule has 0 bridgehead atoms. The minimum Gasteiger partial charge on any atom is -0.497 e. The number of nitrogens with zero attached hydrogens (tertiary/aromatic N) is 4. The van der Waals surface area contributed by atoms with Gasteiger partial charge in [0.15, 0.2) is 6.04 Å². The Hall–Kier alpha value is -5.45. The predicted octanol–water partition coefficient (Wildman–Crippen LogP) is 7.59. The normalized spacial score (nSPS) is 18.7. The van der Waals surface area contributed by atoms with E-state index in [2.05, 4.69) is 48.3 Å². The lowest BCUT2D eigenvalue weighted by molar-refractivity contribution is -0.166. The number of aryl methyl sites for hydroxylation is 1. The molecule has 2 aliphatic rings. The second-order valence-corrected chi connectivity index (χ2v) is 14.9. The fraction of sp³-hybridized carbons (Fsp3) is 0.405. The molecule has 6 rings (SSSR count). The number of amides is 4. The number of piperidine rings is 1. The van der Waals surface area contributed by atoms with Gasteiger partial charge in [0.1, 0.15) is 17.2 Å². The van der Waals surface area contributed by atoms with Crippen LogP contribution < -0.4 is 9.64 Å². The SMILES string of the molecule is CCCc1cccc2c(C3CCCN(C(=O)N4C(=O)[C@H](Cc5ccnc(N(Cc6ccc(OC)cc6)C(=O)OC(C)(C)C)c5)[C@H]4C(=O)O)C3)cccc12. The smallest absolute Gasteiger partial charge is 0.416 e. The number of carbonyl (C=O) groups is 4. The van der Waals surface area contributed by atoms with Crippen molar-refractivity contribution in [3.05, 3.63) is 101 Å². The van der Waals surface area contributed by atoms with Gasteiger partial charge in [0.05, 0.1) is 19.6 Å². The Labute approximate surface area is 310 Å². The molecule has 1 aromatic heterocycles. The van der Waals surface area contributed by atoms with E-state index in [1.54, 1.807) is 57.0 Å². The molecule has 3 atom stereocenters. The Balaban J connectivity index is 1.19. The fourth-order valence-corrected chi connectivity index (χ4v) is 7.50. The van der Waals surface area contributed by atoms with Crippen LogP contribution in [-0.4, -0.2) is 75.7 Å². The van der Waals surface area contributed by atoms with E-state index < -0.39 is 41.6 Å². The van der Waals surface area contributed by atoms with Crippen LogP contribution in [0.1, 0.15) is 75.1 Å². The number of hydrogen-bond acceptors (Lipinski definition) is 7. The lowest BCUT2D eigenvalue weighted by Gasteiger charge is -2.46. The van der Waals surface area contributed by atoms with Crippen molar-refractivity contribution in [2.45, 2.75) is 83.9 Å². The number of likely N-dealkylation sites (tertiary alicyclic amines) is 2. The zero-order valence-electron chi connectivity index (χ0n) is 31.1. The molecule has 0 spiro atoms. The number of imide groups is 1. The van der Waals surface area contributed by atoms with Crippen molar-refractivity contribution in [1.82, 2.24) is 14.8 Å². The maximum Gasteiger partial charge on any atom is 0.416 e. The summed E-state index contributed by atoms with van der Waals surface area (Å²) in [6.07, 6.45) is 4.63. The van der Waals surface area contributed by atoms with Crippen molar-refractivity contribution in [3.63, 3.8) is 0 Å². The number of β-lactam (4-membered cyclic amide) rings is 1. The van der Waals surface area contributed by atoms with Gasteiger partial charge in [-0.3, -0.25) is 9.69 Å². The molecule has 1 unspecified atom stereocenters. The van der Waals surface area contributed by atoms with Gasteiger partial charge in [0.2, 0.25) is 5.91 Å². The number of anilines is 1. The van der Waals surface area contributed by atoms with Crippen molar-refractivity contribution in [1.29, 1.82) is 0 Å². The Morgan fingerprint density at radius 1 is 0.981 bits per heavy atom. The van der Waals surface area contributed by atoms with E-state index in [0.717, 1.165) is 36.1 Å². The average Bonchev–Trinajstić information content (AvgIpc) is 3.14. The summed E-state index contributed by atoms with van der Waals surface area (Å²) < 4.78 is 11.0. The Morgan fingerprint density at radius 3 is 2.42 bits per heavy atom. The highest BCUT2D eigenvalue weighted by Gasteiger charge is 2.55. The van der Waals surface area contributed by atoms with E-state index in [4.69, 9.17) is 9.47 Å². The minimum absolute atomic E-state index is 0.0541. The van der Waals surface area contributed by atoms with Crippen LogP contribution in [0.4, 0.5) is 15.4 Å². The molecule has 0 saturated carbocycles. The van der Waals surface area contributed by atoms with Gasteiger partial charge in [-0.15, -0.1) is 0 Å². The number of benzene rings is 3. The van der Waals surface area contributed by atoms with Crippen LogP contribution in [0.3, 0.4) is 0 Å². The van der Waals surface area contributed by atoms with Gasteiger partial charge in [0.25, 0.3) is 0 Å². The number of aliphatic carboxylic acids is 1. The number of pyridine rings is 1. The monoisotopic (exact) mass is 720 g/mol. The molecule has 278 valence electrons. The van der Waals surface area contributed by atoms with Gasteiger partial charge in [-0.2, -0.15) is 0 Å². The maximum atomic E-state index is 13.9. The fourth-order valence-electron chi connectivity index (χ4n) is 7.50. The van der Waals surface area contributed by atoms with Gasteiger partial charge in [0, 0.05) is 25.2 Å². The third-order valence-corrected chi connectivity index (χ3v) is 10.0. The van der Waals surface area contributed by atoms with E-state index in [9.17, 15) is 24.3 Å². The van der Waals surface area contributed by atoms with Crippen LogP contribution in [0.5, 0.6) is 5.75 Å². The van der Waals surface area contributed by atoms with Crippen LogP contribution in [0.15, 0.2) is 79.0 Å². The third-order valence-electron chi connectivity index (χ3n) is 10.0. The predicted molar refractivity (Wildman–Crippen MR) is 202 cm³/mol. The maximum absolute atomic E-state index is 13.9. The van der Waals surface area contributed by atoms with Crippen molar-refractivity contribution in [2.24, 2.45) is 5.92 Å². The second-order valence-electron chi connectivity index (χ2n) is 14.9. The summed E-state index contributed by atoms with van der Waals surface area (Å²) in [7, 11) is 1.58.